The molecule has 0 fully saturated rings. The van der Waals surface area contributed by atoms with Crippen LogP contribution in [-0.4, -0.2) is 36.4 Å². The quantitative estimate of drug-likeness (QED) is 0.591. The summed E-state index contributed by atoms with van der Waals surface area (Å²) in [7, 11) is 0. The zero-order valence-corrected chi connectivity index (χ0v) is 16.6. The van der Waals surface area contributed by atoms with Crippen LogP contribution < -0.4 is 0 Å². The van der Waals surface area contributed by atoms with Crippen molar-refractivity contribution < 1.29 is 24.2 Å². The zero-order chi connectivity index (χ0) is 19.3. The molecule has 5 nitrogen and oxygen atoms in total. The molecule has 0 radical (unpaired) electrons. The zero-order valence-electron chi connectivity index (χ0n) is 16.6. The van der Waals surface area contributed by atoms with Crippen molar-refractivity contribution in [2.24, 2.45) is 16.2 Å². The van der Waals surface area contributed by atoms with Crippen molar-refractivity contribution in [3.63, 3.8) is 0 Å². The summed E-state index contributed by atoms with van der Waals surface area (Å²) < 4.78 is 10.3. The molecule has 5 heteroatoms. The van der Waals surface area contributed by atoms with Crippen LogP contribution in [0.25, 0.3) is 0 Å². The van der Waals surface area contributed by atoms with Gasteiger partial charge in [0.2, 0.25) is 0 Å². The third kappa shape index (κ3) is 5.33. The number of ether oxygens (including phenoxy) is 2. The molecule has 0 aliphatic heterocycles. The topological polar surface area (TPSA) is 72.8 Å². The molecule has 0 heterocycles. The second-order valence-corrected chi connectivity index (χ2v) is 8.45. The molecule has 0 amide bonds. The number of allylic oxidation sites excluding steroid dienone is 1. The molecule has 0 aromatic heterocycles. The van der Waals surface area contributed by atoms with Gasteiger partial charge in [0.25, 0.3) is 0 Å². The van der Waals surface area contributed by atoms with E-state index in [-0.39, 0.29) is 30.0 Å². The lowest BCUT2D eigenvalue weighted by Gasteiger charge is -2.48. The minimum atomic E-state index is -1.05. The number of hydrogen-bond donors (Lipinski definition) is 1. The Morgan fingerprint density at radius 3 is 1.75 bits per heavy atom. The van der Waals surface area contributed by atoms with E-state index in [2.05, 4.69) is 0 Å². The number of aliphatic hydroxyl groups is 1. The summed E-state index contributed by atoms with van der Waals surface area (Å²) in [5.41, 5.74) is -0.906. The number of carbonyl (C=O) groups excluding carboxylic acids is 2. The van der Waals surface area contributed by atoms with Crippen molar-refractivity contribution in [2.75, 3.05) is 13.2 Å². The van der Waals surface area contributed by atoms with E-state index in [0.29, 0.717) is 5.57 Å². The van der Waals surface area contributed by atoms with E-state index < -0.39 is 17.5 Å². The first-order valence-corrected chi connectivity index (χ1v) is 8.33. The van der Waals surface area contributed by atoms with Crippen molar-refractivity contribution in [2.45, 2.75) is 68.4 Å². The summed E-state index contributed by atoms with van der Waals surface area (Å²) in [4.78, 5) is 24.2. The summed E-state index contributed by atoms with van der Waals surface area (Å²) in [6, 6.07) is 0. The summed E-state index contributed by atoms with van der Waals surface area (Å²) >= 11 is 0. The molecule has 0 rings (SSSR count). The van der Waals surface area contributed by atoms with Gasteiger partial charge in [-0.15, -0.1) is 0 Å². The van der Waals surface area contributed by atoms with Gasteiger partial charge in [-0.25, -0.2) is 4.79 Å². The Labute approximate surface area is 146 Å². The van der Waals surface area contributed by atoms with Gasteiger partial charge >= 0.3 is 11.9 Å². The Morgan fingerprint density at radius 2 is 1.38 bits per heavy atom. The van der Waals surface area contributed by atoms with E-state index in [1.165, 1.54) is 0 Å². The second-order valence-electron chi connectivity index (χ2n) is 8.45. The highest BCUT2D eigenvalue weighted by Gasteiger charge is 2.53. The van der Waals surface area contributed by atoms with E-state index in [9.17, 15) is 14.7 Å². The summed E-state index contributed by atoms with van der Waals surface area (Å²) in [6.45, 7) is 16.8. The average molecular weight is 342 g/mol. The van der Waals surface area contributed by atoms with Gasteiger partial charge in [-0.2, -0.15) is 0 Å². The molecule has 0 spiro atoms. The Bertz CT molecular complexity index is 463. The minimum absolute atomic E-state index is 0.206. The van der Waals surface area contributed by atoms with Gasteiger partial charge in [-0.1, -0.05) is 47.6 Å². The van der Waals surface area contributed by atoms with Gasteiger partial charge in [0.05, 0.1) is 5.41 Å². The van der Waals surface area contributed by atoms with Crippen LogP contribution in [0.5, 0.6) is 0 Å². The highest BCUT2D eigenvalue weighted by atomic mass is 16.6. The molecule has 0 saturated heterocycles. The smallest absolute Gasteiger partial charge is 0.333 e. The van der Waals surface area contributed by atoms with Crippen molar-refractivity contribution >= 4 is 11.9 Å². The van der Waals surface area contributed by atoms with Gasteiger partial charge in [-0.05, 0) is 31.6 Å². The molecule has 140 valence electrons. The van der Waals surface area contributed by atoms with Gasteiger partial charge in [0.15, 0.2) is 0 Å². The third-order valence-corrected chi connectivity index (χ3v) is 4.98. The van der Waals surface area contributed by atoms with E-state index in [1.54, 1.807) is 19.9 Å². The minimum Gasteiger partial charge on any atom is -0.462 e. The van der Waals surface area contributed by atoms with Gasteiger partial charge in [-0.3, -0.25) is 4.79 Å². The number of aliphatic hydroxyl groups excluding tert-OH is 1. The van der Waals surface area contributed by atoms with Crippen LogP contribution in [-0.2, 0) is 19.1 Å². The first kappa shape index (κ1) is 22.6. The normalized spacial score (nSPS) is 15.0. The van der Waals surface area contributed by atoms with Crippen LogP contribution in [0.3, 0.4) is 0 Å². The molecule has 1 unspecified atom stereocenters. The average Bonchev–Trinajstić information content (AvgIpc) is 2.45. The second kappa shape index (κ2) is 8.15. The Hall–Kier alpha value is -1.36. The predicted octanol–water partition coefficient (Wildman–Crippen LogP) is 3.50. The Morgan fingerprint density at radius 1 is 0.958 bits per heavy atom. The SMILES string of the molecule is C/C=C(\C)C(=O)OCC(O)COC(=O)C(C)(C(C)(C)C)C(C)(C)C. The van der Waals surface area contributed by atoms with Crippen LogP contribution in [0.15, 0.2) is 11.6 Å². The number of hydrogen-bond acceptors (Lipinski definition) is 5. The standard InChI is InChI=1S/C19H34O5/c1-10-13(2)15(21)23-11-14(20)12-24-16(22)19(9,17(3,4)5)18(6,7)8/h10,14,20H,11-12H2,1-9H3/b13-10+. The first-order valence-electron chi connectivity index (χ1n) is 8.33. The number of rotatable bonds is 6. The van der Waals surface area contributed by atoms with Crippen LogP contribution in [0.4, 0.5) is 0 Å². The Balaban J connectivity index is 4.80. The lowest BCUT2D eigenvalue weighted by Crippen LogP contribution is -2.51. The maximum absolute atomic E-state index is 12.7. The van der Waals surface area contributed by atoms with Crippen molar-refractivity contribution in [1.29, 1.82) is 0 Å². The van der Waals surface area contributed by atoms with Crippen molar-refractivity contribution in [3.8, 4) is 0 Å². The molecule has 0 saturated carbocycles. The third-order valence-electron chi connectivity index (χ3n) is 4.98. The van der Waals surface area contributed by atoms with Gasteiger partial charge in [0.1, 0.15) is 19.3 Å². The fourth-order valence-electron chi connectivity index (χ4n) is 2.51. The maximum atomic E-state index is 12.7. The molecular weight excluding hydrogens is 308 g/mol. The van der Waals surface area contributed by atoms with Crippen LogP contribution in [0, 0.1) is 16.2 Å². The molecule has 24 heavy (non-hydrogen) atoms. The fourth-order valence-corrected chi connectivity index (χ4v) is 2.51. The molecule has 1 N–H and O–H groups in total. The van der Waals surface area contributed by atoms with Crippen LogP contribution >= 0.6 is 0 Å². The van der Waals surface area contributed by atoms with E-state index in [1.807, 2.05) is 48.5 Å². The largest absolute Gasteiger partial charge is 0.462 e. The van der Waals surface area contributed by atoms with Crippen molar-refractivity contribution in [1.82, 2.24) is 0 Å². The summed E-state index contributed by atoms with van der Waals surface area (Å²) in [5, 5.41) is 9.90. The van der Waals surface area contributed by atoms with E-state index >= 15 is 0 Å². The predicted molar refractivity (Wildman–Crippen MR) is 94.4 cm³/mol. The van der Waals surface area contributed by atoms with Crippen molar-refractivity contribution in [3.05, 3.63) is 11.6 Å². The van der Waals surface area contributed by atoms with E-state index in [4.69, 9.17) is 9.47 Å². The highest BCUT2D eigenvalue weighted by Crippen LogP contribution is 2.52. The van der Waals surface area contributed by atoms with Gasteiger partial charge < -0.3 is 14.6 Å². The number of esters is 2. The van der Waals surface area contributed by atoms with Crippen LogP contribution in [0.2, 0.25) is 0 Å². The molecule has 1 atom stereocenters. The molecule has 0 aromatic carbocycles. The first-order chi connectivity index (χ1) is 10.7. The summed E-state index contributed by atoms with van der Waals surface area (Å²) in [5.74, 6) is -0.852. The fraction of sp³-hybridized carbons (Fsp3) is 0.789. The maximum Gasteiger partial charge on any atom is 0.333 e. The molecule has 0 aromatic rings. The lowest BCUT2D eigenvalue weighted by molar-refractivity contribution is -0.176. The summed E-state index contributed by atoms with van der Waals surface area (Å²) in [6.07, 6.45) is 0.582. The molecule has 0 bridgehead atoms. The highest BCUT2D eigenvalue weighted by molar-refractivity contribution is 5.87. The monoisotopic (exact) mass is 342 g/mol. The molecular formula is C19H34O5. The van der Waals surface area contributed by atoms with Crippen LogP contribution in [0.1, 0.15) is 62.3 Å². The Kier molecular flexibility index (Phi) is 7.68. The van der Waals surface area contributed by atoms with Gasteiger partial charge in [0, 0.05) is 5.57 Å². The molecule has 0 aliphatic carbocycles. The molecule has 0 aliphatic rings. The lowest BCUT2D eigenvalue weighted by atomic mass is 9.55. The number of carbonyl (C=O) groups is 2. The van der Waals surface area contributed by atoms with E-state index in [0.717, 1.165) is 0 Å².